The minimum absolute atomic E-state index is 0.102. The van der Waals surface area contributed by atoms with Crippen molar-refractivity contribution in [3.8, 4) is 16.9 Å². The highest BCUT2D eigenvalue weighted by Crippen LogP contribution is 2.27. The second-order valence-electron chi connectivity index (χ2n) is 10.4. The van der Waals surface area contributed by atoms with E-state index in [-0.39, 0.29) is 11.8 Å². The molecule has 0 atom stereocenters. The largest absolute Gasteiger partial charge is 0.369 e. The van der Waals surface area contributed by atoms with Crippen molar-refractivity contribution < 1.29 is 14.1 Å². The molecule has 12 nitrogen and oxygen atoms in total. The van der Waals surface area contributed by atoms with E-state index >= 15 is 0 Å². The quantitative estimate of drug-likeness (QED) is 0.208. The summed E-state index contributed by atoms with van der Waals surface area (Å²) in [4.78, 5) is 33.3. The van der Waals surface area contributed by atoms with Gasteiger partial charge in [0.05, 0.1) is 35.3 Å². The molecule has 0 saturated heterocycles. The lowest BCUT2D eigenvalue weighted by atomic mass is 9.92. The third-order valence-corrected chi connectivity index (χ3v) is 6.01. The first kappa shape index (κ1) is 27.1. The van der Waals surface area contributed by atoms with Crippen LogP contribution in [0.1, 0.15) is 32.0 Å². The monoisotopic (exact) mass is 551 g/mol. The van der Waals surface area contributed by atoms with Crippen LogP contribution in [-0.4, -0.2) is 36.8 Å². The van der Waals surface area contributed by atoms with Gasteiger partial charge in [0.1, 0.15) is 12.1 Å². The van der Waals surface area contributed by atoms with Crippen molar-refractivity contribution in [2.24, 2.45) is 5.73 Å². The Bertz CT molecular complexity index is 1690. The van der Waals surface area contributed by atoms with Gasteiger partial charge in [-0.2, -0.15) is 5.10 Å². The molecule has 0 aliphatic heterocycles. The van der Waals surface area contributed by atoms with Crippen molar-refractivity contribution in [2.75, 3.05) is 16.0 Å². The van der Waals surface area contributed by atoms with E-state index in [2.05, 4.69) is 31.1 Å². The van der Waals surface area contributed by atoms with Gasteiger partial charge in [-0.3, -0.25) is 10.1 Å². The van der Waals surface area contributed by atoms with Crippen LogP contribution in [0.25, 0.3) is 16.9 Å². The standard InChI is InChI=1S/C29H29N9O3/c1-29(2,3)24-15-26(38(37-24)22-9-4-6-18(12-22)13-25(30)39)36-28(40)34-21-8-5-7-20(14-21)33-27-31-11-10-23(35-27)19-16-32-41-17-19/h4-12,14-17H,13H2,1-3H3,(H2,30,39)(H,31,33,35)(H2,34,36,40). The van der Waals surface area contributed by atoms with Crippen molar-refractivity contribution in [3.05, 3.63) is 90.6 Å². The molecule has 41 heavy (non-hydrogen) atoms. The highest BCUT2D eigenvalue weighted by Gasteiger charge is 2.22. The van der Waals surface area contributed by atoms with Crippen LogP contribution >= 0.6 is 0 Å². The molecule has 0 bridgehead atoms. The lowest BCUT2D eigenvalue weighted by Gasteiger charge is -2.14. The van der Waals surface area contributed by atoms with E-state index in [4.69, 9.17) is 15.4 Å². The molecule has 0 unspecified atom stereocenters. The van der Waals surface area contributed by atoms with E-state index in [1.54, 1.807) is 41.3 Å². The number of hydrogen-bond acceptors (Lipinski definition) is 8. The Balaban J connectivity index is 1.33. The first-order valence-electron chi connectivity index (χ1n) is 12.8. The van der Waals surface area contributed by atoms with Crippen LogP contribution < -0.4 is 21.7 Å². The summed E-state index contributed by atoms with van der Waals surface area (Å²) >= 11 is 0. The molecule has 208 valence electrons. The van der Waals surface area contributed by atoms with Gasteiger partial charge in [-0.1, -0.05) is 44.1 Å². The van der Waals surface area contributed by atoms with Crippen LogP contribution in [0.15, 0.2) is 83.8 Å². The number of primary amides is 1. The van der Waals surface area contributed by atoms with Crippen molar-refractivity contribution in [1.29, 1.82) is 0 Å². The number of hydrogen-bond donors (Lipinski definition) is 4. The summed E-state index contributed by atoms with van der Waals surface area (Å²) in [6, 6.07) is 17.6. The molecule has 3 heterocycles. The van der Waals surface area contributed by atoms with Gasteiger partial charge in [0.15, 0.2) is 0 Å². The molecule has 0 aliphatic carbocycles. The van der Waals surface area contributed by atoms with Crippen LogP contribution in [-0.2, 0) is 16.6 Å². The van der Waals surface area contributed by atoms with Crippen LogP contribution in [0, 0.1) is 0 Å². The van der Waals surface area contributed by atoms with Gasteiger partial charge >= 0.3 is 6.03 Å². The second kappa shape index (κ2) is 11.3. The van der Waals surface area contributed by atoms with E-state index in [9.17, 15) is 9.59 Å². The van der Waals surface area contributed by atoms with E-state index in [1.807, 2.05) is 57.2 Å². The summed E-state index contributed by atoms with van der Waals surface area (Å²) in [5.41, 5.74) is 9.95. The van der Waals surface area contributed by atoms with Gasteiger partial charge < -0.3 is 20.9 Å². The van der Waals surface area contributed by atoms with Gasteiger partial charge in [-0.15, -0.1) is 0 Å². The molecule has 5 aromatic rings. The maximum absolute atomic E-state index is 13.1. The summed E-state index contributed by atoms with van der Waals surface area (Å²) in [5, 5.41) is 17.4. The number of nitrogens with two attached hydrogens (primary N) is 1. The third kappa shape index (κ3) is 6.74. The molecule has 0 saturated carbocycles. The number of amides is 3. The van der Waals surface area contributed by atoms with Gasteiger partial charge in [0.25, 0.3) is 0 Å². The SMILES string of the molecule is CC(C)(C)c1cc(NC(=O)Nc2cccc(Nc3nccc(-c4cnoc4)n3)c2)n(-c2cccc(CC(N)=O)c2)n1. The predicted octanol–water partition coefficient (Wildman–Crippen LogP) is 5.03. The second-order valence-corrected chi connectivity index (χ2v) is 10.4. The van der Waals surface area contributed by atoms with Crippen LogP contribution in [0.5, 0.6) is 0 Å². The highest BCUT2D eigenvalue weighted by molar-refractivity contribution is 5.99. The van der Waals surface area contributed by atoms with Gasteiger partial charge in [-0.05, 0) is 42.0 Å². The lowest BCUT2D eigenvalue weighted by Crippen LogP contribution is -2.21. The van der Waals surface area contributed by atoms with E-state index in [0.29, 0.717) is 34.5 Å². The maximum Gasteiger partial charge on any atom is 0.324 e. The summed E-state index contributed by atoms with van der Waals surface area (Å²) in [7, 11) is 0. The lowest BCUT2D eigenvalue weighted by molar-refractivity contribution is -0.117. The number of nitrogens with zero attached hydrogens (tertiary/aromatic N) is 5. The average Bonchev–Trinajstić information content (AvgIpc) is 3.60. The molecule has 0 radical (unpaired) electrons. The molecular formula is C29H29N9O3. The minimum Gasteiger partial charge on any atom is -0.369 e. The van der Waals surface area contributed by atoms with Crippen LogP contribution in [0.3, 0.4) is 0 Å². The third-order valence-electron chi connectivity index (χ3n) is 6.01. The molecule has 12 heteroatoms. The zero-order valence-electron chi connectivity index (χ0n) is 22.8. The van der Waals surface area contributed by atoms with Crippen molar-refractivity contribution >= 4 is 35.1 Å². The molecular weight excluding hydrogens is 522 g/mol. The first-order chi connectivity index (χ1) is 19.6. The molecule has 0 spiro atoms. The molecule has 3 aromatic heterocycles. The number of anilines is 4. The number of urea groups is 1. The topological polar surface area (TPSA) is 166 Å². The summed E-state index contributed by atoms with van der Waals surface area (Å²) < 4.78 is 6.53. The molecule has 3 amide bonds. The molecule has 5 N–H and O–H groups in total. The van der Waals surface area contributed by atoms with E-state index in [1.165, 1.54) is 6.26 Å². The first-order valence-corrected chi connectivity index (χ1v) is 12.8. The molecule has 0 fully saturated rings. The summed E-state index contributed by atoms with van der Waals surface area (Å²) in [6.07, 6.45) is 4.81. The van der Waals surface area contributed by atoms with Crippen LogP contribution in [0.2, 0.25) is 0 Å². The Kier molecular flexibility index (Phi) is 7.46. The Morgan fingerprint density at radius 1 is 1.00 bits per heavy atom. The molecule has 0 aliphatic rings. The Morgan fingerprint density at radius 3 is 2.56 bits per heavy atom. The summed E-state index contributed by atoms with van der Waals surface area (Å²) in [5.74, 6) is 0.418. The smallest absolute Gasteiger partial charge is 0.324 e. The van der Waals surface area contributed by atoms with Crippen molar-refractivity contribution in [3.63, 3.8) is 0 Å². The molecule has 5 rings (SSSR count). The predicted molar refractivity (Wildman–Crippen MR) is 155 cm³/mol. The summed E-state index contributed by atoms with van der Waals surface area (Å²) in [6.45, 7) is 6.12. The fourth-order valence-corrected chi connectivity index (χ4v) is 4.03. The Hall–Kier alpha value is -5.52. The number of aromatic nitrogens is 5. The van der Waals surface area contributed by atoms with Crippen molar-refractivity contribution in [2.45, 2.75) is 32.6 Å². The normalized spacial score (nSPS) is 11.2. The van der Waals surface area contributed by atoms with E-state index < -0.39 is 11.9 Å². The number of rotatable bonds is 8. The fraction of sp³-hybridized carbons (Fsp3) is 0.172. The highest BCUT2D eigenvalue weighted by atomic mass is 16.5. The zero-order chi connectivity index (χ0) is 29.0. The minimum atomic E-state index is -0.456. The van der Waals surface area contributed by atoms with Gasteiger partial charge in [0.2, 0.25) is 11.9 Å². The fourth-order valence-electron chi connectivity index (χ4n) is 4.03. The number of carbonyl (C=O) groups is 2. The van der Waals surface area contributed by atoms with Gasteiger partial charge in [0, 0.05) is 29.1 Å². The maximum atomic E-state index is 13.1. The van der Waals surface area contributed by atoms with E-state index in [0.717, 1.165) is 16.8 Å². The number of nitrogens with one attached hydrogen (secondary N) is 3. The zero-order valence-corrected chi connectivity index (χ0v) is 22.8. The number of benzene rings is 2. The number of carbonyl (C=O) groups excluding carboxylic acids is 2. The Morgan fingerprint density at radius 2 is 1.80 bits per heavy atom. The Labute approximate surface area is 236 Å². The molecule has 2 aromatic carbocycles. The van der Waals surface area contributed by atoms with Crippen molar-refractivity contribution in [1.82, 2.24) is 24.9 Å². The average molecular weight is 552 g/mol. The van der Waals surface area contributed by atoms with Crippen LogP contribution in [0.4, 0.5) is 27.9 Å². The van der Waals surface area contributed by atoms with Gasteiger partial charge in [-0.25, -0.2) is 19.4 Å².